The first-order valence-corrected chi connectivity index (χ1v) is 9.17. The molecule has 0 aliphatic rings. The first-order chi connectivity index (χ1) is 11.6. The standard InChI is InChI=1S/C18H16F2O4S/c1-11(22)18(16(10-21)12-4-3-5-13(19)8-12)15-7-6-14(9-17(15)20)25(2,23)24/h3-11,22H,1-2H3/b18-16-. The molecule has 0 radical (unpaired) electrons. The summed E-state index contributed by atoms with van der Waals surface area (Å²) in [6, 6.07) is 8.31. The van der Waals surface area contributed by atoms with Gasteiger partial charge in [-0.25, -0.2) is 17.2 Å². The van der Waals surface area contributed by atoms with Crippen LogP contribution in [0.3, 0.4) is 0 Å². The average molecular weight is 366 g/mol. The Morgan fingerprint density at radius 3 is 2.32 bits per heavy atom. The van der Waals surface area contributed by atoms with Gasteiger partial charge in [-0.15, -0.1) is 0 Å². The van der Waals surface area contributed by atoms with Crippen molar-refractivity contribution in [3.8, 4) is 0 Å². The maximum atomic E-state index is 14.5. The van der Waals surface area contributed by atoms with Crippen LogP contribution in [0.15, 0.2) is 47.4 Å². The number of aliphatic hydroxyl groups is 1. The van der Waals surface area contributed by atoms with Crippen LogP contribution in [0.5, 0.6) is 0 Å². The number of benzene rings is 2. The highest BCUT2D eigenvalue weighted by molar-refractivity contribution is 7.90. The molecule has 2 rings (SSSR count). The van der Waals surface area contributed by atoms with Gasteiger partial charge in [0, 0.05) is 23.0 Å². The van der Waals surface area contributed by atoms with Crippen LogP contribution in [0, 0.1) is 11.6 Å². The highest BCUT2D eigenvalue weighted by Gasteiger charge is 2.21. The van der Waals surface area contributed by atoms with Gasteiger partial charge in [0.25, 0.3) is 0 Å². The van der Waals surface area contributed by atoms with Crippen molar-refractivity contribution in [1.29, 1.82) is 0 Å². The Labute approximate surface area is 144 Å². The van der Waals surface area contributed by atoms with Crippen molar-refractivity contribution in [2.24, 2.45) is 0 Å². The summed E-state index contributed by atoms with van der Waals surface area (Å²) in [5, 5.41) is 10.1. The van der Waals surface area contributed by atoms with Gasteiger partial charge in [-0.1, -0.05) is 18.2 Å². The zero-order valence-corrected chi connectivity index (χ0v) is 14.3. The van der Waals surface area contributed by atoms with E-state index in [4.69, 9.17) is 0 Å². The van der Waals surface area contributed by atoms with Crippen LogP contribution in [-0.4, -0.2) is 32.2 Å². The van der Waals surface area contributed by atoms with Crippen molar-refractivity contribution < 1.29 is 27.1 Å². The molecule has 0 heterocycles. The molecule has 25 heavy (non-hydrogen) atoms. The number of allylic oxidation sites excluding steroid dienone is 1. The molecule has 0 spiro atoms. The van der Waals surface area contributed by atoms with E-state index in [1.807, 2.05) is 0 Å². The van der Waals surface area contributed by atoms with Crippen LogP contribution in [0.4, 0.5) is 8.78 Å². The van der Waals surface area contributed by atoms with E-state index in [1.165, 1.54) is 37.3 Å². The van der Waals surface area contributed by atoms with Gasteiger partial charge in [0.1, 0.15) is 11.6 Å². The number of carbonyl (C=O) groups is 1. The summed E-state index contributed by atoms with van der Waals surface area (Å²) in [5.41, 5.74) is -0.0927. The van der Waals surface area contributed by atoms with Crippen molar-refractivity contribution in [1.82, 2.24) is 0 Å². The first-order valence-electron chi connectivity index (χ1n) is 7.28. The Hall–Kier alpha value is -2.38. The topological polar surface area (TPSA) is 71.4 Å². The van der Waals surface area contributed by atoms with Crippen molar-refractivity contribution in [2.75, 3.05) is 6.26 Å². The summed E-state index contributed by atoms with van der Waals surface area (Å²) in [6.45, 7) is 1.34. The third-order valence-corrected chi connectivity index (χ3v) is 4.73. The summed E-state index contributed by atoms with van der Waals surface area (Å²) in [5.74, 6) is -1.50. The van der Waals surface area contributed by atoms with Gasteiger partial charge >= 0.3 is 0 Å². The van der Waals surface area contributed by atoms with Gasteiger partial charge in [0.15, 0.2) is 16.1 Å². The zero-order valence-electron chi connectivity index (χ0n) is 13.5. The minimum absolute atomic E-state index is 0.0573. The van der Waals surface area contributed by atoms with Crippen LogP contribution >= 0.6 is 0 Å². The molecule has 132 valence electrons. The highest BCUT2D eigenvalue weighted by atomic mass is 32.2. The highest BCUT2D eigenvalue weighted by Crippen LogP contribution is 2.31. The molecule has 0 aliphatic heterocycles. The smallest absolute Gasteiger partial charge is 0.175 e. The minimum atomic E-state index is -3.61. The molecule has 0 amide bonds. The molecular weight excluding hydrogens is 350 g/mol. The Morgan fingerprint density at radius 1 is 1.16 bits per heavy atom. The van der Waals surface area contributed by atoms with Crippen LogP contribution in [0.2, 0.25) is 0 Å². The predicted octanol–water partition coefficient (Wildman–Crippen LogP) is 2.86. The summed E-state index contributed by atoms with van der Waals surface area (Å²) in [6.07, 6.45) is 0.0963. The Kier molecular flexibility index (Phi) is 5.49. The van der Waals surface area contributed by atoms with Gasteiger partial charge < -0.3 is 5.11 Å². The summed E-state index contributed by atoms with van der Waals surface area (Å²) >= 11 is 0. The lowest BCUT2D eigenvalue weighted by Crippen LogP contribution is -2.10. The van der Waals surface area contributed by atoms with E-state index in [2.05, 4.69) is 0 Å². The van der Waals surface area contributed by atoms with E-state index < -0.39 is 27.6 Å². The molecule has 0 fully saturated rings. The number of aliphatic hydroxyl groups excluding tert-OH is 1. The number of rotatable bonds is 5. The fourth-order valence-corrected chi connectivity index (χ4v) is 3.12. The second kappa shape index (κ2) is 7.25. The average Bonchev–Trinajstić information content (AvgIpc) is 2.51. The van der Waals surface area contributed by atoms with Gasteiger partial charge in [0.2, 0.25) is 0 Å². The van der Waals surface area contributed by atoms with Gasteiger partial charge in [-0.2, -0.15) is 0 Å². The maximum Gasteiger partial charge on any atom is 0.175 e. The molecule has 2 aromatic carbocycles. The number of hydrogen-bond donors (Lipinski definition) is 1. The van der Waals surface area contributed by atoms with Crippen molar-refractivity contribution in [3.63, 3.8) is 0 Å². The van der Waals surface area contributed by atoms with E-state index in [-0.39, 0.29) is 27.2 Å². The first kappa shape index (κ1) is 19.0. The molecule has 1 N–H and O–H groups in total. The van der Waals surface area contributed by atoms with Crippen LogP contribution in [0.1, 0.15) is 18.1 Å². The van der Waals surface area contributed by atoms with Crippen LogP contribution < -0.4 is 0 Å². The van der Waals surface area contributed by atoms with Gasteiger partial charge in [0.05, 0.1) is 11.0 Å². The molecule has 0 saturated heterocycles. The molecule has 1 atom stereocenters. The number of aldehydes is 1. The molecule has 4 nitrogen and oxygen atoms in total. The SMILES string of the molecule is CC(O)/C(=C(\C=O)c1cccc(F)c1)c1ccc(S(C)(=O)=O)cc1F. The maximum absolute atomic E-state index is 14.5. The molecule has 0 saturated carbocycles. The van der Waals surface area contributed by atoms with Gasteiger partial charge in [-0.3, -0.25) is 4.79 Å². The number of carbonyl (C=O) groups excluding carboxylic acids is 1. The summed E-state index contributed by atoms with van der Waals surface area (Å²) < 4.78 is 51.0. The second-order valence-corrected chi connectivity index (χ2v) is 7.56. The van der Waals surface area contributed by atoms with Crippen molar-refractivity contribution in [3.05, 3.63) is 65.2 Å². The monoisotopic (exact) mass is 366 g/mol. The zero-order chi connectivity index (χ0) is 18.8. The van der Waals surface area contributed by atoms with Crippen LogP contribution in [-0.2, 0) is 14.6 Å². The van der Waals surface area contributed by atoms with E-state index >= 15 is 0 Å². The molecule has 0 bridgehead atoms. The normalized spacial score (nSPS) is 14.0. The second-order valence-electron chi connectivity index (χ2n) is 5.55. The number of sulfone groups is 1. The number of halogens is 2. The fraction of sp³-hybridized carbons (Fsp3) is 0.167. The Balaban J connectivity index is 2.75. The van der Waals surface area contributed by atoms with Crippen molar-refractivity contribution >= 4 is 27.3 Å². The molecule has 1 unspecified atom stereocenters. The Morgan fingerprint density at radius 2 is 1.84 bits per heavy atom. The van der Waals surface area contributed by atoms with E-state index in [9.17, 15) is 27.1 Å². The third-order valence-electron chi connectivity index (χ3n) is 3.62. The van der Waals surface area contributed by atoms with Crippen molar-refractivity contribution in [2.45, 2.75) is 17.9 Å². The largest absolute Gasteiger partial charge is 0.389 e. The minimum Gasteiger partial charge on any atom is -0.389 e. The molecule has 0 aromatic heterocycles. The lowest BCUT2D eigenvalue weighted by molar-refractivity contribution is -0.103. The number of hydrogen-bond acceptors (Lipinski definition) is 4. The third kappa shape index (κ3) is 4.18. The van der Waals surface area contributed by atoms with E-state index in [0.717, 1.165) is 18.4 Å². The molecule has 0 aliphatic carbocycles. The summed E-state index contributed by atoms with van der Waals surface area (Å²) in [7, 11) is -3.61. The lowest BCUT2D eigenvalue weighted by Gasteiger charge is -2.16. The van der Waals surface area contributed by atoms with E-state index in [0.29, 0.717) is 6.29 Å². The van der Waals surface area contributed by atoms with Crippen LogP contribution in [0.25, 0.3) is 11.1 Å². The predicted molar refractivity (Wildman–Crippen MR) is 90.5 cm³/mol. The van der Waals surface area contributed by atoms with Gasteiger partial charge in [-0.05, 0) is 36.8 Å². The lowest BCUT2D eigenvalue weighted by atomic mass is 9.92. The summed E-state index contributed by atoms with van der Waals surface area (Å²) in [4.78, 5) is 11.3. The van der Waals surface area contributed by atoms with E-state index in [1.54, 1.807) is 0 Å². The Bertz CT molecular complexity index is 947. The molecular formula is C18H16F2O4S. The quantitative estimate of drug-likeness (QED) is 0.502. The fourth-order valence-electron chi connectivity index (χ4n) is 2.48. The molecule has 2 aromatic rings. The molecule has 7 heteroatoms.